The molecule has 2 atom stereocenters. The molecule has 0 bridgehead atoms. The van der Waals surface area contributed by atoms with Crippen LogP contribution in [0.25, 0.3) is 0 Å². The van der Waals surface area contributed by atoms with Crippen molar-refractivity contribution < 1.29 is 23.8 Å². The third-order valence-electron chi connectivity index (χ3n) is 5.08. The highest BCUT2D eigenvalue weighted by Crippen LogP contribution is 2.44. The fourth-order valence-corrected chi connectivity index (χ4v) is 5.25. The average Bonchev–Trinajstić information content (AvgIpc) is 2.84. The SMILES string of the molecule is CCOc1c(Cl)cc([C@@H]2C(C#N)=C(SCCOc3ccccc3Cl)NC(=O)[C@H]2C(=O)OC)cc1Cl. The maximum atomic E-state index is 13.0. The molecular formula is C24H21Cl3N2O5S. The van der Waals surface area contributed by atoms with Crippen LogP contribution in [0, 0.1) is 17.2 Å². The van der Waals surface area contributed by atoms with Crippen molar-refractivity contribution in [3.63, 3.8) is 0 Å². The zero-order valence-corrected chi connectivity index (χ0v) is 21.9. The number of amides is 1. The molecule has 0 aliphatic carbocycles. The summed E-state index contributed by atoms with van der Waals surface area (Å²) >= 11 is 20.1. The molecule has 0 saturated carbocycles. The van der Waals surface area contributed by atoms with E-state index in [0.717, 1.165) is 0 Å². The number of ether oxygens (including phenoxy) is 3. The lowest BCUT2D eigenvalue weighted by molar-refractivity contribution is -0.150. The predicted molar refractivity (Wildman–Crippen MR) is 136 cm³/mol. The van der Waals surface area contributed by atoms with E-state index in [1.165, 1.54) is 31.0 Å². The third-order valence-corrected chi connectivity index (χ3v) is 6.93. The molecule has 2 aromatic carbocycles. The number of carbonyl (C=O) groups is 2. The molecular weight excluding hydrogens is 535 g/mol. The van der Waals surface area contributed by atoms with Crippen molar-refractivity contribution in [2.24, 2.45) is 5.92 Å². The molecule has 1 aliphatic heterocycles. The Balaban J connectivity index is 1.94. The van der Waals surface area contributed by atoms with E-state index in [1.54, 1.807) is 31.2 Å². The molecule has 0 unspecified atom stereocenters. The van der Waals surface area contributed by atoms with Crippen molar-refractivity contribution in [1.29, 1.82) is 5.26 Å². The molecule has 0 fully saturated rings. The minimum absolute atomic E-state index is 0.180. The molecule has 0 radical (unpaired) electrons. The van der Waals surface area contributed by atoms with Gasteiger partial charge in [-0.3, -0.25) is 9.59 Å². The van der Waals surface area contributed by atoms with Crippen LogP contribution in [0.2, 0.25) is 15.1 Å². The number of nitrogens with zero attached hydrogens (tertiary/aromatic N) is 1. The molecule has 11 heteroatoms. The lowest BCUT2D eigenvalue weighted by atomic mass is 9.78. The summed E-state index contributed by atoms with van der Waals surface area (Å²) < 4.78 is 16.0. The van der Waals surface area contributed by atoms with Gasteiger partial charge in [0.15, 0.2) is 5.75 Å². The van der Waals surface area contributed by atoms with Crippen molar-refractivity contribution in [3.8, 4) is 17.6 Å². The summed E-state index contributed by atoms with van der Waals surface area (Å²) in [5.41, 5.74) is 0.592. The first-order valence-corrected chi connectivity index (χ1v) is 12.6. The summed E-state index contributed by atoms with van der Waals surface area (Å²) in [4.78, 5) is 25.6. The molecule has 1 aliphatic rings. The number of esters is 1. The summed E-state index contributed by atoms with van der Waals surface area (Å²) in [6, 6.07) is 12.3. The van der Waals surface area contributed by atoms with E-state index in [0.29, 0.717) is 33.7 Å². The summed E-state index contributed by atoms with van der Waals surface area (Å²) in [5, 5.41) is 13.9. The Morgan fingerprint density at radius 3 is 2.43 bits per heavy atom. The van der Waals surface area contributed by atoms with Gasteiger partial charge in [-0.1, -0.05) is 46.9 Å². The maximum Gasteiger partial charge on any atom is 0.319 e. The molecule has 1 heterocycles. The molecule has 1 amide bonds. The van der Waals surface area contributed by atoms with Gasteiger partial charge in [0.1, 0.15) is 11.7 Å². The van der Waals surface area contributed by atoms with E-state index in [-0.39, 0.29) is 28.0 Å². The highest BCUT2D eigenvalue weighted by molar-refractivity contribution is 8.03. The Kier molecular flexibility index (Phi) is 9.58. The largest absolute Gasteiger partial charge is 0.491 e. The first kappa shape index (κ1) is 27.0. The van der Waals surface area contributed by atoms with E-state index >= 15 is 0 Å². The highest BCUT2D eigenvalue weighted by Gasteiger charge is 2.44. The fraction of sp³-hybridized carbons (Fsp3) is 0.292. The first-order valence-electron chi connectivity index (χ1n) is 10.5. The fourth-order valence-electron chi connectivity index (χ4n) is 3.58. The van der Waals surface area contributed by atoms with E-state index in [4.69, 9.17) is 49.0 Å². The van der Waals surface area contributed by atoms with Crippen molar-refractivity contribution in [2.45, 2.75) is 12.8 Å². The van der Waals surface area contributed by atoms with Gasteiger partial charge in [0.05, 0.1) is 52.1 Å². The van der Waals surface area contributed by atoms with Crippen molar-refractivity contribution in [1.82, 2.24) is 5.32 Å². The molecule has 0 aromatic heterocycles. The Morgan fingerprint density at radius 2 is 1.83 bits per heavy atom. The van der Waals surface area contributed by atoms with Crippen LogP contribution < -0.4 is 14.8 Å². The zero-order valence-electron chi connectivity index (χ0n) is 18.8. The smallest absolute Gasteiger partial charge is 0.319 e. The van der Waals surface area contributed by atoms with Gasteiger partial charge in [-0.2, -0.15) is 5.26 Å². The second-order valence-corrected chi connectivity index (χ2v) is 9.52. The van der Waals surface area contributed by atoms with Crippen LogP contribution >= 0.6 is 46.6 Å². The maximum absolute atomic E-state index is 13.0. The van der Waals surface area contributed by atoms with Crippen molar-refractivity contribution in [2.75, 3.05) is 26.1 Å². The lowest BCUT2D eigenvalue weighted by Gasteiger charge is -2.31. The molecule has 7 nitrogen and oxygen atoms in total. The number of halogens is 3. The average molecular weight is 556 g/mol. The lowest BCUT2D eigenvalue weighted by Crippen LogP contribution is -2.44. The van der Waals surface area contributed by atoms with Gasteiger partial charge in [-0.25, -0.2) is 0 Å². The summed E-state index contributed by atoms with van der Waals surface area (Å²) in [6.07, 6.45) is 0. The predicted octanol–water partition coefficient (Wildman–Crippen LogP) is 5.60. The number of carbonyl (C=O) groups excluding carboxylic acids is 2. The van der Waals surface area contributed by atoms with Gasteiger partial charge in [0.25, 0.3) is 0 Å². The van der Waals surface area contributed by atoms with Gasteiger partial charge >= 0.3 is 5.97 Å². The molecule has 0 saturated heterocycles. The number of rotatable bonds is 9. The molecule has 3 rings (SSSR count). The van der Waals surface area contributed by atoms with Gasteiger partial charge < -0.3 is 19.5 Å². The van der Waals surface area contributed by atoms with Gasteiger partial charge in [0, 0.05) is 11.7 Å². The number of thioether (sulfide) groups is 1. The van der Waals surface area contributed by atoms with Crippen molar-refractivity contribution >= 4 is 58.4 Å². The number of nitrogens with one attached hydrogen (secondary N) is 1. The van der Waals surface area contributed by atoms with Crippen molar-refractivity contribution in [3.05, 3.63) is 67.6 Å². The summed E-state index contributed by atoms with van der Waals surface area (Å²) in [6.45, 7) is 2.39. The second-order valence-electron chi connectivity index (χ2n) is 7.20. The standard InChI is InChI=1S/C24H21Cl3N2O5S/c1-3-33-21-16(26)10-13(11-17(21)27)19-14(12-28)23(29-22(30)20(19)24(31)32-2)35-9-8-34-18-7-5-4-6-15(18)25/h4-7,10-11,19-20H,3,8-9H2,1-2H3,(H,29,30)/t19-,20+/m1/s1. The van der Waals surface area contributed by atoms with Crippen LogP contribution in [0.1, 0.15) is 18.4 Å². The quantitative estimate of drug-likeness (QED) is 0.244. The van der Waals surface area contributed by atoms with E-state index in [1.807, 2.05) is 0 Å². The molecule has 2 aromatic rings. The van der Waals surface area contributed by atoms with Crippen LogP contribution in [-0.4, -0.2) is 38.0 Å². The van der Waals surface area contributed by atoms with Crippen LogP contribution in [0.15, 0.2) is 47.0 Å². The normalized spacial score (nSPS) is 17.4. The number of benzene rings is 2. The molecule has 35 heavy (non-hydrogen) atoms. The van der Waals surface area contributed by atoms with E-state index in [2.05, 4.69) is 11.4 Å². The minimum atomic E-state index is -1.30. The first-order chi connectivity index (χ1) is 16.8. The highest BCUT2D eigenvalue weighted by atomic mass is 35.5. The molecule has 184 valence electrons. The van der Waals surface area contributed by atoms with Gasteiger partial charge in [-0.05, 0) is 36.8 Å². The molecule has 0 spiro atoms. The van der Waals surface area contributed by atoms with E-state index < -0.39 is 23.7 Å². The zero-order chi connectivity index (χ0) is 25.5. The summed E-state index contributed by atoms with van der Waals surface area (Å²) in [5.74, 6) is -2.44. The number of hydrogen-bond donors (Lipinski definition) is 1. The number of hydrogen-bond acceptors (Lipinski definition) is 7. The minimum Gasteiger partial charge on any atom is -0.491 e. The van der Waals surface area contributed by atoms with Gasteiger partial charge in [-0.15, -0.1) is 11.8 Å². The number of para-hydroxylation sites is 1. The number of nitriles is 1. The molecule has 1 N–H and O–H groups in total. The van der Waals surface area contributed by atoms with E-state index in [9.17, 15) is 14.9 Å². The second kappa shape index (κ2) is 12.4. The number of methoxy groups -OCH3 is 1. The Hall–Kier alpha value is -2.57. The Bertz CT molecular complexity index is 1170. The van der Waals surface area contributed by atoms with Crippen LogP contribution in [0.4, 0.5) is 0 Å². The summed E-state index contributed by atoms with van der Waals surface area (Å²) in [7, 11) is 1.18. The number of allylic oxidation sites excluding steroid dienone is 1. The van der Waals surface area contributed by atoms with Crippen LogP contribution in [0.3, 0.4) is 0 Å². The van der Waals surface area contributed by atoms with Crippen LogP contribution in [-0.2, 0) is 14.3 Å². The van der Waals surface area contributed by atoms with Crippen LogP contribution in [0.5, 0.6) is 11.5 Å². The third kappa shape index (κ3) is 6.17. The Morgan fingerprint density at radius 1 is 1.14 bits per heavy atom. The Labute approximate surface area is 222 Å². The topological polar surface area (TPSA) is 97.6 Å². The monoisotopic (exact) mass is 554 g/mol. The van der Waals surface area contributed by atoms with Gasteiger partial charge in [0.2, 0.25) is 5.91 Å².